The van der Waals surface area contributed by atoms with Gasteiger partial charge in [0.25, 0.3) is 0 Å². The summed E-state index contributed by atoms with van der Waals surface area (Å²) in [6, 6.07) is 9.03. The molecule has 1 aromatic rings. The Balaban J connectivity index is 1.45. The molecule has 0 saturated carbocycles. The van der Waals surface area contributed by atoms with Gasteiger partial charge in [0.05, 0.1) is 24.7 Å². The van der Waals surface area contributed by atoms with Crippen molar-refractivity contribution in [1.29, 1.82) is 0 Å². The number of halogens is 1. The largest absolute Gasteiger partial charge is 0.385 e. The summed E-state index contributed by atoms with van der Waals surface area (Å²) < 4.78 is 12.1. The van der Waals surface area contributed by atoms with Gasteiger partial charge in [-0.25, -0.2) is 0 Å². The van der Waals surface area contributed by atoms with Gasteiger partial charge in [-0.1, -0.05) is 23.7 Å². The molecule has 0 aromatic heterocycles. The second kappa shape index (κ2) is 9.45. The number of methoxy groups -OCH3 is 1. The lowest BCUT2D eigenvalue weighted by atomic mass is 9.92. The maximum Gasteiger partial charge on any atom is 0.135 e. The molecule has 4 rings (SSSR count). The summed E-state index contributed by atoms with van der Waals surface area (Å²) in [5.41, 5.74) is 6.78. The predicted octanol–water partition coefficient (Wildman–Crippen LogP) is 2.92. The number of amidine groups is 2. The van der Waals surface area contributed by atoms with Crippen molar-refractivity contribution in [3.63, 3.8) is 0 Å². The normalized spacial score (nSPS) is 26.1. The monoisotopic (exact) mass is 447 g/mol. The highest BCUT2D eigenvalue weighted by Gasteiger charge is 2.41. The summed E-state index contributed by atoms with van der Waals surface area (Å²) in [6.45, 7) is 7.77. The third-order valence-corrected chi connectivity index (χ3v) is 7.21. The van der Waals surface area contributed by atoms with Crippen LogP contribution in [0.2, 0.25) is 5.02 Å². The Morgan fingerprint density at radius 1 is 1.19 bits per heavy atom. The number of rotatable bonds is 5. The number of likely N-dealkylation sites (tertiary alicyclic amines) is 1. The first-order chi connectivity index (χ1) is 14.9. The molecule has 0 spiro atoms. The summed E-state index contributed by atoms with van der Waals surface area (Å²) in [5.74, 6) is 1.62. The number of morpholine rings is 1. The van der Waals surface area contributed by atoms with Gasteiger partial charge in [0.2, 0.25) is 0 Å². The summed E-state index contributed by atoms with van der Waals surface area (Å²) in [7, 11) is 1.77. The maximum absolute atomic E-state index is 6.33. The van der Waals surface area contributed by atoms with Crippen LogP contribution in [-0.2, 0) is 15.9 Å². The van der Waals surface area contributed by atoms with E-state index in [1.54, 1.807) is 7.11 Å². The molecular formula is C23H34ClN5O2. The molecule has 0 bridgehead atoms. The third-order valence-electron chi connectivity index (χ3n) is 6.95. The minimum Gasteiger partial charge on any atom is -0.385 e. The van der Waals surface area contributed by atoms with Crippen molar-refractivity contribution in [3.8, 4) is 0 Å². The fourth-order valence-corrected chi connectivity index (χ4v) is 4.90. The number of hydrogen-bond acceptors (Lipinski definition) is 7. The Labute approximate surface area is 190 Å². The van der Waals surface area contributed by atoms with Crippen molar-refractivity contribution in [1.82, 2.24) is 9.80 Å². The molecule has 8 heteroatoms. The Morgan fingerprint density at radius 3 is 2.52 bits per heavy atom. The summed E-state index contributed by atoms with van der Waals surface area (Å²) in [5, 5.41) is 9.03. The van der Waals surface area contributed by atoms with Crippen LogP contribution < -0.4 is 5.73 Å². The van der Waals surface area contributed by atoms with Crippen LogP contribution in [0.4, 0.5) is 0 Å². The number of nitrogens with two attached hydrogens (primary N) is 1. The molecule has 3 aliphatic rings. The second-order valence-corrected chi connectivity index (χ2v) is 9.75. The average Bonchev–Trinajstić information content (AvgIpc) is 3.22. The molecule has 0 radical (unpaired) electrons. The Morgan fingerprint density at radius 2 is 1.90 bits per heavy atom. The van der Waals surface area contributed by atoms with Crippen LogP contribution in [0.5, 0.6) is 0 Å². The first-order valence-corrected chi connectivity index (χ1v) is 11.5. The van der Waals surface area contributed by atoms with E-state index in [1.807, 2.05) is 12.1 Å². The second-order valence-electron chi connectivity index (χ2n) is 9.31. The van der Waals surface area contributed by atoms with Crippen LogP contribution >= 0.6 is 11.6 Å². The maximum atomic E-state index is 6.33. The van der Waals surface area contributed by atoms with Gasteiger partial charge in [-0.05, 0) is 50.8 Å². The van der Waals surface area contributed by atoms with Gasteiger partial charge < -0.3 is 20.1 Å². The zero-order valence-corrected chi connectivity index (χ0v) is 19.5. The number of benzene rings is 1. The van der Waals surface area contributed by atoms with Crippen LogP contribution in [0.25, 0.3) is 0 Å². The highest BCUT2D eigenvalue weighted by atomic mass is 35.5. The molecule has 2 fully saturated rings. The van der Waals surface area contributed by atoms with E-state index >= 15 is 0 Å². The van der Waals surface area contributed by atoms with Crippen molar-refractivity contribution >= 4 is 23.3 Å². The van der Waals surface area contributed by atoms with E-state index < -0.39 is 0 Å². The molecule has 0 aliphatic carbocycles. The first-order valence-electron chi connectivity index (χ1n) is 11.2. The van der Waals surface area contributed by atoms with E-state index in [-0.39, 0.29) is 11.7 Å². The zero-order valence-electron chi connectivity index (χ0n) is 18.8. The van der Waals surface area contributed by atoms with Crippen molar-refractivity contribution < 1.29 is 9.47 Å². The molecule has 0 unspecified atom stereocenters. The quantitative estimate of drug-likeness (QED) is 0.751. The van der Waals surface area contributed by atoms with Crippen molar-refractivity contribution in [2.45, 2.75) is 63.3 Å². The summed E-state index contributed by atoms with van der Waals surface area (Å²) >= 11 is 6.09. The molecule has 7 nitrogen and oxygen atoms in total. The van der Waals surface area contributed by atoms with Gasteiger partial charge in [-0.2, -0.15) is 0 Å². The standard InChI is InChI=1S/C23H34ClN5O2/c1-23(2,30-3)20-14-29(19(15-31-20)12-16-4-6-17(24)7-5-16)18-8-10-28(11-9-18)22-13-21(25)26-27-22/h4-7,18-20H,8-15H2,1-3H3,(H2,25,26)/t19-,20+/m0/s1. The van der Waals surface area contributed by atoms with Crippen LogP contribution in [0.1, 0.15) is 38.7 Å². The van der Waals surface area contributed by atoms with Crippen LogP contribution in [0, 0.1) is 0 Å². The lowest BCUT2D eigenvalue weighted by molar-refractivity contribution is -0.166. The zero-order chi connectivity index (χ0) is 22.0. The first kappa shape index (κ1) is 22.5. The van der Waals surface area contributed by atoms with E-state index in [0.717, 1.165) is 49.8 Å². The minimum atomic E-state index is -0.322. The van der Waals surface area contributed by atoms with E-state index in [0.29, 0.717) is 30.9 Å². The third kappa shape index (κ3) is 5.22. The Hall–Kier alpha value is -1.67. The lowest BCUT2D eigenvalue weighted by Crippen LogP contribution is -2.61. The van der Waals surface area contributed by atoms with Gasteiger partial charge in [-0.3, -0.25) is 4.90 Å². The lowest BCUT2D eigenvalue weighted by Gasteiger charge is -2.49. The van der Waals surface area contributed by atoms with Crippen molar-refractivity contribution in [3.05, 3.63) is 34.9 Å². The molecule has 2 N–H and O–H groups in total. The Kier molecular flexibility index (Phi) is 6.86. The molecule has 0 amide bonds. The van der Waals surface area contributed by atoms with E-state index in [2.05, 4.69) is 46.0 Å². The topological polar surface area (TPSA) is 75.7 Å². The van der Waals surface area contributed by atoms with E-state index in [1.165, 1.54) is 5.56 Å². The van der Waals surface area contributed by atoms with E-state index in [9.17, 15) is 0 Å². The highest BCUT2D eigenvalue weighted by Crippen LogP contribution is 2.30. The summed E-state index contributed by atoms with van der Waals surface area (Å²) in [6.07, 6.45) is 3.86. The number of hydrogen-bond donors (Lipinski definition) is 1. The van der Waals surface area contributed by atoms with E-state index in [4.69, 9.17) is 26.8 Å². The molecule has 3 heterocycles. The minimum absolute atomic E-state index is 0.0457. The molecule has 2 saturated heterocycles. The van der Waals surface area contributed by atoms with Gasteiger partial charge in [0, 0.05) is 43.9 Å². The average molecular weight is 448 g/mol. The molecule has 170 valence electrons. The fraction of sp³-hybridized carbons (Fsp3) is 0.652. The molecule has 2 atom stereocenters. The van der Waals surface area contributed by atoms with Gasteiger partial charge in [-0.15, -0.1) is 10.2 Å². The van der Waals surface area contributed by atoms with Gasteiger partial charge in [0.1, 0.15) is 11.7 Å². The predicted molar refractivity (Wildman–Crippen MR) is 125 cm³/mol. The SMILES string of the molecule is COC(C)(C)[C@H]1CN(C2CCN(C3=NN=C(N)C3)CC2)[C@@H](Cc2ccc(Cl)cc2)CO1. The fourth-order valence-electron chi connectivity index (χ4n) is 4.77. The number of piperidine rings is 1. The van der Waals surface area contributed by atoms with Crippen LogP contribution in [0.3, 0.4) is 0 Å². The smallest absolute Gasteiger partial charge is 0.135 e. The van der Waals surface area contributed by atoms with Crippen molar-refractivity contribution in [2.75, 3.05) is 33.4 Å². The molecule has 31 heavy (non-hydrogen) atoms. The molecule has 1 aromatic carbocycles. The molecule has 3 aliphatic heterocycles. The number of ether oxygens (including phenoxy) is 2. The van der Waals surface area contributed by atoms with Crippen LogP contribution in [0.15, 0.2) is 34.5 Å². The van der Waals surface area contributed by atoms with Gasteiger partial charge in [0.15, 0.2) is 0 Å². The van der Waals surface area contributed by atoms with Gasteiger partial charge >= 0.3 is 0 Å². The molecular weight excluding hydrogens is 414 g/mol. The Bertz CT molecular complexity index is 818. The van der Waals surface area contributed by atoms with Crippen molar-refractivity contribution in [2.24, 2.45) is 15.9 Å². The highest BCUT2D eigenvalue weighted by molar-refractivity contribution is 6.30. The summed E-state index contributed by atoms with van der Waals surface area (Å²) in [4.78, 5) is 5.01. The number of nitrogens with zero attached hydrogens (tertiary/aromatic N) is 4. The van der Waals surface area contributed by atoms with Crippen LogP contribution in [-0.4, -0.2) is 78.6 Å².